The number of aliphatic carboxylic acids is 3. The Morgan fingerprint density at radius 2 is 1.29 bits per heavy atom. The molecule has 0 aromatic rings. The quantitative estimate of drug-likeness (QED) is 0.121. The Bertz CT molecular complexity index is 697. The van der Waals surface area contributed by atoms with E-state index in [-0.39, 0.29) is 0 Å². The van der Waals surface area contributed by atoms with Crippen LogP contribution in [0.1, 0.15) is 26.2 Å². The Morgan fingerprint density at radius 3 is 1.71 bits per heavy atom. The van der Waals surface area contributed by atoms with Gasteiger partial charge < -0.3 is 47.2 Å². The molecule has 176 valence electrons. The van der Waals surface area contributed by atoms with Gasteiger partial charge in [-0.15, -0.1) is 0 Å². The van der Waals surface area contributed by atoms with Crippen molar-refractivity contribution in [1.82, 2.24) is 16.0 Å². The fourth-order valence-electron chi connectivity index (χ4n) is 2.14. The number of nitrogens with two attached hydrogens (primary N) is 1. The first kappa shape index (κ1) is 27.7. The Hall–Kier alpha value is -3.30. The Balaban J connectivity index is 5.38. The number of carboxylic acid groups (broad SMARTS) is 3. The minimum absolute atomic E-state index is 0.508. The van der Waals surface area contributed by atoms with Crippen molar-refractivity contribution in [1.29, 1.82) is 0 Å². The molecule has 0 aliphatic heterocycles. The standard InChI is InChI=1S/C16H26N4O11/c1-6(22)12(17)15(29)20-9(5-21)14(28)18-7(2-3-10(23)24)13(27)19-8(16(30)31)4-11(25)26/h6-9,12,21-22H,2-5,17H2,1H3,(H,18,28)(H,19,27)(H,20,29)(H,23,24)(H,25,26)(H,30,31). The van der Waals surface area contributed by atoms with Crippen molar-refractivity contribution >= 4 is 35.6 Å². The Kier molecular flexibility index (Phi) is 11.7. The van der Waals surface area contributed by atoms with Crippen molar-refractivity contribution in [3.05, 3.63) is 0 Å². The molecule has 0 rings (SSSR count). The molecular formula is C16H26N4O11. The Morgan fingerprint density at radius 1 is 0.806 bits per heavy atom. The summed E-state index contributed by atoms with van der Waals surface area (Å²) in [6.45, 7) is 0.259. The van der Waals surface area contributed by atoms with Gasteiger partial charge in [0, 0.05) is 6.42 Å². The van der Waals surface area contributed by atoms with Crippen LogP contribution in [0.4, 0.5) is 0 Å². The summed E-state index contributed by atoms with van der Waals surface area (Å²) in [5.41, 5.74) is 5.41. The molecule has 0 fully saturated rings. The molecule has 10 N–H and O–H groups in total. The largest absolute Gasteiger partial charge is 0.481 e. The number of hydrogen-bond acceptors (Lipinski definition) is 9. The van der Waals surface area contributed by atoms with Crippen LogP contribution in [0.5, 0.6) is 0 Å². The molecule has 0 heterocycles. The normalized spacial score (nSPS) is 15.5. The molecular weight excluding hydrogens is 424 g/mol. The number of aliphatic hydroxyl groups is 2. The number of aliphatic hydroxyl groups excluding tert-OH is 2. The van der Waals surface area contributed by atoms with Gasteiger partial charge in [-0.3, -0.25) is 24.0 Å². The van der Waals surface area contributed by atoms with Crippen molar-refractivity contribution in [3.63, 3.8) is 0 Å². The third-order valence-corrected chi connectivity index (χ3v) is 3.91. The fourth-order valence-corrected chi connectivity index (χ4v) is 2.14. The van der Waals surface area contributed by atoms with Crippen molar-refractivity contribution in [2.45, 2.75) is 56.5 Å². The number of hydrogen-bond donors (Lipinski definition) is 9. The zero-order valence-electron chi connectivity index (χ0n) is 16.5. The summed E-state index contributed by atoms with van der Waals surface area (Å²) in [7, 11) is 0. The van der Waals surface area contributed by atoms with Crippen LogP contribution in [0.25, 0.3) is 0 Å². The first-order valence-corrected chi connectivity index (χ1v) is 8.92. The van der Waals surface area contributed by atoms with Gasteiger partial charge in [0.1, 0.15) is 24.2 Å². The molecule has 0 saturated heterocycles. The molecule has 0 spiro atoms. The Labute approximate surface area is 175 Å². The van der Waals surface area contributed by atoms with Crippen LogP contribution in [0.2, 0.25) is 0 Å². The van der Waals surface area contributed by atoms with E-state index in [0.29, 0.717) is 0 Å². The van der Waals surface area contributed by atoms with Crippen LogP contribution in [-0.2, 0) is 28.8 Å². The van der Waals surface area contributed by atoms with Gasteiger partial charge in [-0.25, -0.2) is 4.79 Å². The van der Waals surface area contributed by atoms with Gasteiger partial charge in [0.25, 0.3) is 0 Å². The molecule has 15 nitrogen and oxygen atoms in total. The average Bonchev–Trinajstić information content (AvgIpc) is 2.66. The van der Waals surface area contributed by atoms with E-state index in [1.54, 1.807) is 0 Å². The molecule has 0 aliphatic rings. The van der Waals surface area contributed by atoms with E-state index >= 15 is 0 Å². The van der Waals surface area contributed by atoms with Gasteiger partial charge in [0.05, 0.1) is 19.1 Å². The lowest BCUT2D eigenvalue weighted by atomic mass is 10.1. The second kappa shape index (κ2) is 13.1. The van der Waals surface area contributed by atoms with Crippen molar-refractivity contribution in [2.75, 3.05) is 6.61 Å². The SMILES string of the molecule is CC(O)C(N)C(=O)NC(CO)C(=O)NC(CCC(=O)O)C(=O)NC(CC(=O)O)C(=O)O. The predicted molar refractivity (Wildman–Crippen MR) is 99.3 cm³/mol. The van der Waals surface area contributed by atoms with Gasteiger partial charge in [-0.2, -0.15) is 0 Å². The highest BCUT2D eigenvalue weighted by Gasteiger charge is 2.31. The van der Waals surface area contributed by atoms with E-state index in [0.717, 1.165) is 0 Å². The first-order valence-electron chi connectivity index (χ1n) is 8.92. The monoisotopic (exact) mass is 450 g/mol. The topological polar surface area (TPSA) is 266 Å². The molecule has 31 heavy (non-hydrogen) atoms. The van der Waals surface area contributed by atoms with Crippen LogP contribution >= 0.6 is 0 Å². The molecule has 0 aromatic heterocycles. The van der Waals surface area contributed by atoms with E-state index in [9.17, 15) is 39.0 Å². The van der Waals surface area contributed by atoms with Crippen molar-refractivity contribution in [2.24, 2.45) is 5.73 Å². The van der Waals surface area contributed by atoms with E-state index in [4.69, 9.17) is 21.1 Å². The van der Waals surface area contributed by atoms with Gasteiger partial charge >= 0.3 is 17.9 Å². The highest BCUT2D eigenvalue weighted by molar-refractivity contribution is 5.95. The molecule has 0 aromatic carbocycles. The molecule has 15 heteroatoms. The molecule has 0 bridgehead atoms. The predicted octanol–water partition coefficient (Wildman–Crippen LogP) is -4.43. The van der Waals surface area contributed by atoms with E-state index in [2.05, 4.69) is 5.32 Å². The van der Waals surface area contributed by atoms with Crippen molar-refractivity contribution in [3.8, 4) is 0 Å². The number of amides is 3. The lowest BCUT2D eigenvalue weighted by Gasteiger charge is -2.24. The van der Waals surface area contributed by atoms with Crippen LogP contribution in [-0.4, -0.2) is 98.0 Å². The summed E-state index contributed by atoms with van der Waals surface area (Å²) in [4.78, 5) is 69.2. The lowest BCUT2D eigenvalue weighted by Crippen LogP contribution is -2.59. The minimum atomic E-state index is -1.85. The summed E-state index contributed by atoms with van der Waals surface area (Å²) in [5, 5.41) is 51.1. The van der Waals surface area contributed by atoms with Crippen LogP contribution in [0.15, 0.2) is 0 Å². The second-order valence-electron chi connectivity index (χ2n) is 6.50. The molecule has 0 aliphatic carbocycles. The lowest BCUT2D eigenvalue weighted by molar-refractivity contribution is -0.147. The van der Waals surface area contributed by atoms with E-state index < -0.39 is 91.8 Å². The zero-order chi connectivity index (χ0) is 24.3. The van der Waals surface area contributed by atoms with Crippen LogP contribution in [0, 0.1) is 0 Å². The number of carbonyl (C=O) groups is 6. The van der Waals surface area contributed by atoms with Gasteiger partial charge in [0.2, 0.25) is 17.7 Å². The van der Waals surface area contributed by atoms with E-state index in [1.165, 1.54) is 6.92 Å². The third-order valence-electron chi connectivity index (χ3n) is 3.91. The maximum absolute atomic E-state index is 12.3. The molecule has 5 unspecified atom stereocenters. The number of rotatable bonds is 14. The average molecular weight is 450 g/mol. The van der Waals surface area contributed by atoms with Crippen molar-refractivity contribution < 1.29 is 54.3 Å². The van der Waals surface area contributed by atoms with E-state index in [1.807, 2.05) is 10.6 Å². The number of carboxylic acids is 3. The highest BCUT2D eigenvalue weighted by Crippen LogP contribution is 2.03. The van der Waals surface area contributed by atoms with Gasteiger partial charge in [-0.1, -0.05) is 0 Å². The molecule has 5 atom stereocenters. The zero-order valence-corrected chi connectivity index (χ0v) is 16.5. The summed E-state index contributed by atoms with van der Waals surface area (Å²) in [6, 6.07) is -6.55. The maximum Gasteiger partial charge on any atom is 0.326 e. The smallest absolute Gasteiger partial charge is 0.326 e. The van der Waals surface area contributed by atoms with Crippen LogP contribution < -0.4 is 21.7 Å². The molecule has 3 amide bonds. The molecule has 0 saturated carbocycles. The number of nitrogens with one attached hydrogen (secondary N) is 3. The second-order valence-corrected chi connectivity index (χ2v) is 6.50. The summed E-state index contributed by atoms with van der Waals surface area (Å²) in [5.74, 6) is -7.87. The summed E-state index contributed by atoms with van der Waals surface area (Å²) >= 11 is 0. The van der Waals surface area contributed by atoms with Crippen LogP contribution in [0.3, 0.4) is 0 Å². The van der Waals surface area contributed by atoms with Gasteiger partial charge in [-0.05, 0) is 13.3 Å². The summed E-state index contributed by atoms with van der Waals surface area (Å²) < 4.78 is 0. The number of carbonyl (C=O) groups excluding carboxylic acids is 3. The first-order chi connectivity index (χ1) is 14.3. The highest BCUT2D eigenvalue weighted by atomic mass is 16.4. The van der Waals surface area contributed by atoms with Gasteiger partial charge in [0.15, 0.2) is 0 Å². The fraction of sp³-hybridized carbons (Fsp3) is 0.625. The minimum Gasteiger partial charge on any atom is -0.481 e. The maximum atomic E-state index is 12.3. The summed E-state index contributed by atoms with van der Waals surface area (Å²) in [6.07, 6.45) is -3.39. The third kappa shape index (κ3) is 10.3. The molecule has 0 radical (unpaired) electrons.